The van der Waals surface area contributed by atoms with E-state index in [1.807, 2.05) is 25.8 Å². The van der Waals surface area contributed by atoms with Crippen LogP contribution in [0.1, 0.15) is 29.2 Å². The standard InChI is InChI=1S/C22H24F4N2O2/c1-4-28(3)14-27-20-8-15(2)18(10-19(20)23)21(12-29-13-21)30-11-16-6-5-7-17(9-16)22(24,25)26/h5-10,14H,4,11-13H2,1-3H3. The summed E-state index contributed by atoms with van der Waals surface area (Å²) in [6.07, 6.45) is -2.86. The van der Waals surface area contributed by atoms with Crippen molar-refractivity contribution in [2.24, 2.45) is 4.99 Å². The maximum Gasteiger partial charge on any atom is 0.416 e. The molecule has 1 aliphatic heterocycles. The van der Waals surface area contributed by atoms with Gasteiger partial charge >= 0.3 is 6.18 Å². The van der Waals surface area contributed by atoms with Crippen molar-refractivity contribution in [2.45, 2.75) is 32.2 Å². The molecule has 0 bridgehead atoms. The first-order chi connectivity index (χ1) is 14.1. The monoisotopic (exact) mass is 424 g/mol. The van der Waals surface area contributed by atoms with Gasteiger partial charge in [0.2, 0.25) is 0 Å². The van der Waals surface area contributed by atoms with E-state index >= 15 is 0 Å². The highest BCUT2D eigenvalue weighted by molar-refractivity contribution is 5.62. The Morgan fingerprint density at radius 3 is 2.57 bits per heavy atom. The minimum Gasteiger partial charge on any atom is -0.375 e. The second-order valence-electron chi connectivity index (χ2n) is 7.41. The molecular formula is C22H24F4N2O2. The van der Waals surface area contributed by atoms with Crippen LogP contribution in [-0.4, -0.2) is 38.0 Å². The van der Waals surface area contributed by atoms with E-state index in [4.69, 9.17) is 9.47 Å². The van der Waals surface area contributed by atoms with Crippen LogP contribution in [0.3, 0.4) is 0 Å². The summed E-state index contributed by atoms with van der Waals surface area (Å²) in [5.41, 5.74) is 0.352. The summed E-state index contributed by atoms with van der Waals surface area (Å²) in [7, 11) is 1.84. The molecule has 0 aromatic heterocycles. The normalized spacial score (nSPS) is 16.0. The molecule has 0 spiro atoms. The number of ether oxygens (including phenoxy) is 2. The third-order valence-electron chi connectivity index (χ3n) is 5.12. The van der Waals surface area contributed by atoms with Crippen LogP contribution in [0.25, 0.3) is 0 Å². The number of hydrogen-bond acceptors (Lipinski definition) is 3. The molecule has 162 valence electrons. The van der Waals surface area contributed by atoms with Gasteiger partial charge in [-0.2, -0.15) is 13.2 Å². The highest BCUT2D eigenvalue weighted by Gasteiger charge is 2.43. The van der Waals surface area contributed by atoms with Gasteiger partial charge in [0.25, 0.3) is 0 Å². The van der Waals surface area contributed by atoms with Gasteiger partial charge in [-0.3, -0.25) is 0 Å². The van der Waals surface area contributed by atoms with Gasteiger partial charge < -0.3 is 14.4 Å². The van der Waals surface area contributed by atoms with Gasteiger partial charge in [0.1, 0.15) is 17.1 Å². The van der Waals surface area contributed by atoms with Gasteiger partial charge in [0, 0.05) is 13.6 Å². The quantitative estimate of drug-likeness (QED) is 0.348. The van der Waals surface area contributed by atoms with Crippen LogP contribution in [0, 0.1) is 12.7 Å². The zero-order chi connectivity index (χ0) is 21.9. The van der Waals surface area contributed by atoms with E-state index in [1.165, 1.54) is 12.1 Å². The largest absolute Gasteiger partial charge is 0.416 e. The summed E-state index contributed by atoms with van der Waals surface area (Å²) in [6, 6.07) is 8.00. The molecule has 30 heavy (non-hydrogen) atoms. The summed E-state index contributed by atoms with van der Waals surface area (Å²) in [5, 5.41) is 0. The van der Waals surface area contributed by atoms with Crippen LogP contribution in [0.5, 0.6) is 0 Å². The van der Waals surface area contributed by atoms with E-state index in [1.54, 1.807) is 18.5 Å². The fraction of sp³-hybridized carbons (Fsp3) is 0.409. The van der Waals surface area contributed by atoms with E-state index in [0.717, 1.165) is 24.2 Å². The van der Waals surface area contributed by atoms with Crippen molar-refractivity contribution in [3.63, 3.8) is 0 Å². The molecule has 4 nitrogen and oxygen atoms in total. The molecule has 0 atom stereocenters. The average Bonchev–Trinajstić information content (AvgIpc) is 2.67. The van der Waals surface area contributed by atoms with Crippen molar-refractivity contribution in [1.29, 1.82) is 0 Å². The number of aliphatic imine (C=N–C) groups is 1. The number of nitrogens with zero attached hydrogens (tertiary/aromatic N) is 2. The third kappa shape index (κ3) is 4.82. The summed E-state index contributed by atoms with van der Waals surface area (Å²) in [6.45, 7) is 4.88. The van der Waals surface area contributed by atoms with Crippen LogP contribution in [0.15, 0.2) is 41.4 Å². The molecule has 1 aliphatic rings. The van der Waals surface area contributed by atoms with Crippen LogP contribution < -0.4 is 0 Å². The lowest BCUT2D eigenvalue weighted by atomic mass is 9.87. The van der Waals surface area contributed by atoms with Crippen LogP contribution >= 0.6 is 0 Å². The Balaban J connectivity index is 1.81. The summed E-state index contributed by atoms with van der Waals surface area (Å²) in [5.74, 6) is -0.495. The summed E-state index contributed by atoms with van der Waals surface area (Å²) < 4.78 is 64.8. The van der Waals surface area contributed by atoms with Crippen LogP contribution in [-0.2, 0) is 27.9 Å². The molecule has 8 heteroatoms. The Hall–Kier alpha value is -2.45. The molecule has 0 amide bonds. The molecule has 0 N–H and O–H groups in total. The van der Waals surface area contributed by atoms with E-state index in [9.17, 15) is 17.6 Å². The summed E-state index contributed by atoms with van der Waals surface area (Å²) >= 11 is 0. The zero-order valence-corrected chi connectivity index (χ0v) is 17.1. The molecule has 1 saturated heterocycles. The topological polar surface area (TPSA) is 34.1 Å². The first-order valence-electron chi connectivity index (χ1n) is 9.57. The molecule has 1 fully saturated rings. The number of halogens is 4. The van der Waals surface area contributed by atoms with Gasteiger partial charge in [-0.1, -0.05) is 12.1 Å². The Bertz CT molecular complexity index is 924. The van der Waals surface area contributed by atoms with Crippen molar-refractivity contribution in [3.8, 4) is 0 Å². The minimum atomic E-state index is -4.42. The van der Waals surface area contributed by atoms with Gasteiger partial charge in [-0.05, 0) is 54.8 Å². The van der Waals surface area contributed by atoms with Gasteiger partial charge in [0.15, 0.2) is 0 Å². The van der Waals surface area contributed by atoms with E-state index in [0.29, 0.717) is 11.1 Å². The van der Waals surface area contributed by atoms with Gasteiger partial charge in [-0.15, -0.1) is 0 Å². The molecule has 0 saturated carbocycles. The maximum atomic E-state index is 14.7. The predicted molar refractivity (Wildman–Crippen MR) is 106 cm³/mol. The number of hydrogen-bond donors (Lipinski definition) is 0. The zero-order valence-electron chi connectivity index (χ0n) is 17.1. The first-order valence-corrected chi connectivity index (χ1v) is 9.57. The minimum absolute atomic E-state index is 0.0461. The molecule has 0 radical (unpaired) electrons. The Morgan fingerprint density at radius 1 is 1.23 bits per heavy atom. The Kier molecular flexibility index (Phi) is 6.47. The lowest BCUT2D eigenvalue weighted by Gasteiger charge is -2.42. The average molecular weight is 424 g/mol. The molecule has 2 aromatic carbocycles. The lowest BCUT2D eigenvalue weighted by molar-refractivity contribution is -0.223. The second kappa shape index (κ2) is 8.73. The van der Waals surface area contributed by atoms with Crippen LogP contribution in [0.4, 0.5) is 23.2 Å². The fourth-order valence-electron chi connectivity index (χ4n) is 3.16. The fourth-order valence-corrected chi connectivity index (χ4v) is 3.16. The Labute approximate surface area is 173 Å². The van der Waals surface area contributed by atoms with Crippen molar-refractivity contribution >= 4 is 12.0 Å². The molecule has 1 heterocycles. The predicted octanol–water partition coefficient (Wildman–Crippen LogP) is 5.21. The van der Waals surface area contributed by atoms with E-state index < -0.39 is 23.2 Å². The maximum absolute atomic E-state index is 14.7. The van der Waals surface area contributed by atoms with Gasteiger partial charge in [0.05, 0.1) is 31.7 Å². The van der Waals surface area contributed by atoms with E-state index in [2.05, 4.69) is 4.99 Å². The lowest BCUT2D eigenvalue weighted by Crippen LogP contribution is -2.49. The summed E-state index contributed by atoms with van der Waals surface area (Å²) in [4.78, 5) is 6.00. The molecule has 3 rings (SSSR count). The molecular weight excluding hydrogens is 400 g/mol. The Morgan fingerprint density at radius 2 is 1.97 bits per heavy atom. The number of benzene rings is 2. The first kappa shape index (κ1) is 22.2. The highest BCUT2D eigenvalue weighted by Crippen LogP contribution is 2.39. The second-order valence-corrected chi connectivity index (χ2v) is 7.41. The molecule has 2 aromatic rings. The van der Waals surface area contributed by atoms with Crippen molar-refractivity contribution in [2.75, 3.05) is 26.8 Å². The van der Waals surface area contributed by atoms with Crippen molar-refractivity contribution < 1.29 is 27.0 Å². The van der Waals surface area contributed by atoms with Crippen molar-refractivity contribution in [3.05, 3.63) is 64.5 Å². The van der Waals surface area contributed by atoms with Gasteiger partial charge in [-0.25, -0.2) is 9.38 Å². The van der Waals surface area contributed by atoms with Crippen LogP contribution in [0.2, 0.25) is 0 Å². The smallest absolute Gasteiger partial charge is 0.375 e. The number of aryl methyl sites for hydroxylation is 1. The molecule has 0 aliphatic carbocycles. The SMILES string of the molecule is CCN(C)C=Nc1cc(C)c(C2(OCc3cccc(C(F)(F)F)c3)COC2)cc1F. The third-order valence-corrected chi connectivity index (χ3v) is 5.12. The highest BCUT2D eigenvalue weighted by atomic mass is 19.4. The van der Waals surface area contributed by atoms with E-state index in [-0.39, 0.29) is 25.5 Å². The number of rotatable bonds is 7. The van der Waals surface area contributed by atoms with Crippen molar-refractivity contribution in [1.82, 2.24) is 4.90 Å². The molecule has 0 unspecified atom stereocenters. The number of alkyl halides is 3.